The first-order valence-electron chi connectivity index (χ1n) is 7.72. The van der Waals surface area contributed by atoms with E-state index in [0.717, 1.165) is 26.2 Å². The van der Waals surface area contributed by atoms with Gasteiger partial charge in [0.15, 0.2) is 0 Å². The lowest BCUT2D eigenvalue weighted by Gasteiger charge is -2.41. The molecule has 20 heavy (non-hydrogen) atoms. The van der Waals surface area contributed by atoms with Gasteiger partial charge in [0, 0.05) is 32.7 Å². The number of nitrogens with one attached hydrogen (secondary N) is 1. The Morgan fingerprint density at radius 2 is 1.80 bits per heavy atom. The van der Waals surface area contributed by atoms with Crippen molar-refractivity contribution in [3.8, 4) is 0 Å². The molecule has 0 fully saturated rings. The monoisotopic (exact) mass is 275 g/mol. The Morgan fingerprint density at radius 1 is 1.15 bits per heavy atom. The third kappa shape index (κ3) is 3.26. The minimum Gasteiger partial charge on any atom is -0.371 e. The van der Waals surface area contributed by atoms with Gasteiger partial charge in [-0.2, -0.15) is 0 Å². The van der Waals surface area contributed by atoms with Crippen LogP contribution >= 0.6 is 0 Å². The number of para-hydroxylation sites is 2. The Hall–Kier alpha value is -1.22. The van der Waals surface area contributed by atoms with Crippen molar-refractivity contribution in [3.63, 3.8) is 0 Å². The molecule has 1 atom stereocenters. The molecule has 1 aromatic carbocycles. The lowest BCUT2D eigenvalue weighted by Crippen LogP contribution is -2.51. The molecule has 2 rings (SSSR count). The number of hydrogen-bond acceptors (Lipinski definition) is 3. The summed E-state index contributed by atoms with van der Waals surface area (Å²) in [6, 6.07) is 9.25. The summed E-state index contributed by atoms with van der Waals surface area (Å²) < 4.78 is 0. The normalized spacial score (nSPS) is 17.1. The van der Waals surface area contributed by atoms with Gasteiger partial charge in [0.25, 0.3) is 0 Å². The fourth-order valence-corrected chi connectivity index (χ4v) is 2.87. The van der Waals surface area contributed by atoms with E-state index in [9.17, 15) is 0 Å². The second-order valence-corrected chi connectivity index (χ2v) is 6.83. The van der Waals surface area contributed by atoms with E-state index < -0.39 is 0 Å². The molecule has 3 nitrogen and oxygen atoms in total. The van der Waals surface area contributed by atoms with Crippen molar-refractivity contribution in [2.24, 2.45) is 5.41 Å². The molecule has 112 valence electrons. The summed E-state index contributed by atoms with van der Waals surface area (Å²) in [6.45, 7) is 13.5. The van der Waals surface area contributed by atoms with Crippen LogP contribution in [0.1, 0.15) is 27.7 Å². The van der Waals surface area contributed by atoms with Crippen LogP contribution in [-0.4, -0.2) is 39.3 Å². The first-order chi connectivity index (χ1) is 9.43. The summed E-state index contributed by atoms with van der Waals surface area (Å²) in [5.41, 5.74) is 2.99. The van der Waals surface area contributed by atoms with Crippen molar-refractivity contribution >= 4 is 11.4 Å². The van der Waals surface area contributed by atoms with E-state index in [2.05, 4.69) is 74.1 Å². The van der Waals surface area contributed by atoms with Gasteiger partial charge in [-0.1, -0.05) is 39.8 Å². The molecule has 1 aliphatic rings. The van der Waals surface area contributed by atoms with E-state index in [1.807, 2.05) is 0 Å². The highest BCUT2D eigenvalue weighted by molar-refractivity contribution is 5.73. The smallest absolute Gasteiger partial charge is 0.0605 e. The average Bonchev–Trinajstić information content (AvgIpc) is 2.40. The predicted molar refractivity (Wildman–Crippen MR) is 88.8 cm³/mol. The van der Waals surface area contributed by atoms with Crippen molar-refractivity contribution in [2.45, 2.75) is 33.7 Å². The van der Waals surface area contributed by atoms with E-state index in [-0.39, 0.29) is 5.41 Å². The summed E-state index contributed by atoms with van der Waals surface area (Å²) >= 11 is 0. The maximum absolute atomic E-state index is 3.66. The summed E-state index contributed by atoms with van der Waals surface area (Å²) in [7, 11) is 2.18. The molecule has 0 spiro atoms. The van der Waals surface area contributed by atoms with Crippen LogP contribution < -0.4 is 15.1 Å². The molecular weight excluding hydrogens is 246 g/mol. The molecule has 3 heteroatoms. The number of hydrogen-bond donors (Lipinski definition) is 1. The maximum atomic E-state index is 3.66. The molecule has 0 radical (unpaired) electrons. The first kappa shape index (κ1) is 15.2. The molecule has 0 saturated carbocycles. The van der Waals surface area contributed by atoms with Gasteiger partial charge in [0.05, 0.1) is 11.4 Å². The fraction of sp³-hybridized carbons (Fsp3) is 0.647. The SMILES string of the molecule is CCNC(CN1CCN(C)c2ccccc21)C(C)(C)C. The second-order valence-electron chi connectivity index (χ2n) is 6.83. The van der Waals surface area contributed by atoms with Crippen LogP contribution in [-0.2, 0) is 0 Å². The molecule has 0 aliphatic carbocycles. The van der Waals surface area contributed by atoms with E-state index >= 15 is 0 Å². The van der Waals surface area contributed by atoms with Crippen LogP contribution in [0.15, 0.2) is 24.3 Å². The lowest BCUT2D eigenvalue weighted by atomic mass is 9.86. The number of nitrogens with zero attached hydrogens (tertiary/aromatic N) is 2. The summed E-state index contributed by atoms with van der Waals surface area (Å²) in [6.07, 6.45) is 0. The highest BCUT2D eigenvalue weighted by Crippen LogP contribution is 2.33. The molecule has 0 amide bonds. The van der Waals surface area contributed by atoms with E-state index in [1.165, 1.54) is 11.4 Å². The van der Waals surface area contributed by atoms with Crippen molar-refractivity contribution in [3.05, 3.63) is 24.3 Å². The van der Waals surface area contributed by atoms with Crippen LogP contribution in [0.25, 0.3) is 0 Å². The van der Waals surface area contributed by atoms with Crippen LogP contribution in [0, 0.1) is 5.41 Å². The molecule has 1 aromatic rings. The lowest BCUT2D eigenvalue weighted by molar-refractivity contribution is 0.273. The van der Waals surface area contributed by atoms with Crippen LogP contribution in [0.5, 0.6) is 0 Å². The van der Waals surface area contributed by atoms with Crippen molar-refractivity contribution in [1.82, 2.24) is 5.32 Å². The Morgan fingerprint density at radius 3 is 2.40 bits per heavy atom. The Balaban J connectivity index is 2.19. The first-order valence-corrected chi connectivity index (χ1v) is 7.72. The maximum Gasteiger partial charge on any atom is 0.0605 e. The van der Waals surface area contributed by atoms with Gasteiger partial charge in [-0.15, -0.1) is 0 Å². The minimum atomic E-state index is 0.272. The Labute approximate surface area is 124 Å². The molecule has 0 bridgehead atoms. The Bertz CT molecular complexity index is 436. The zero-order chi connectivity index (χ0) is 14.8. The van der Waals surface area contributed by atoms with Gasteiger partial charge in [-0.25, -0.2) is 0 Å². The van der Waals surface area contributed by atoms with Crippen molar-refractivity contribution < 1.29 is 0 Å². The summed E-state index contributed by atoms with van der Waals surface area (Å²) in [5, 5.41) is 3.66. The van der Waals surface area contributed by atoms with E-state index in [4.69, 9.17) is 0 Å². The van der Waals surface area contributed by atoms with Crippen LogP contribution in [0.3, 0.4) is 0 Å². The standard InChI is InChI=1S/C17H29N3/c1-6-18-16(17(2,3)4)13-20-12-11-19(5)14-9-7-8-10-15(14)20/h7-10,16,18H,6,11-13H2,1-5H3. The van der Waals surface area contributed by atoms with Gasteiger partial charge in [0.2, 0.25) is 0 Å². The molecule has 0 saturated heterocycles. The van der Waals surface area contributed by atoms with Gasteiger partial charge in [-0.05, 0) is 24.1 Å². The number of fused-ring (bicyclic) bond motifs is 1. The molecule has 1 unspecified atom stereocenters. The molecular formula is C17H29N3. The van der Waals surface area contributed by atoms with Crippen LogP contribution in [0.2, 0.25) is 0 Å². The largest absolute Gasteiger partial charge is 0.371 e. The number of likely N-dealkylation sites (N-methyl/N-ethyl adjacent to an activating group) is 2. The number of benzene rings is 1. The summed E-state index contributed by atoms with van der Waals surface area (Å²) in [5.74, 6) is 0. The molecule has 1 N–H and O–H groups in total. The molecule has 1 aliphatic heterocycles. The highest BCUT2D eigenvalue weighted by Gasteiger charge is 2.28. The third-order valence-corrected chi connectivity index (χ3v) is 4.24. The number of rotatable bonds is 4. The van der Waals surface area contributed by atoms with E-state index in [0.29, 0.717) is 6.04 Å². The Kier molecular flexibility index (Phi) is 4.59. The van der Waals surface area contributed by atoms with Crippen molar-refractivity contribution in [2.75, 3.05) is 43.0 Å². The highest BCUT2D eigenvalue weighted by atomic mass is 15.3. The molecule has 0 aromatic heterocycles. The number of anilines is 2. The fourth-order valence-electron chi connectivity index (χ4n) is 2.87. The van der Waals surface area contributed by atoms with Crippen LogP contribution in [0.4, 0.5) is 11.4 Å². The molecule has 1 heterocycles. The quantitative estimate of drug-likeness (QED) is 0.911. The third-order valence-electron chi connectivity index (χ3n) is 4.24. The zero-order valence-corrected chi connectivity index (χ0v) is 13.6. The van der Waals surface area contributed by atoms with Gasteiger partial charge < -0.3 is 15.1 Å². The average molecular weight is 275 g/mol. The van der Waals surface area contributed by atoms with Gasteiger partial charge >= 0.3 is 0 Å². The van der Waals surface area contributed by atoms with Crippen molar-refractivity contribution in [1.29, 1.82) is 0 Å². The zero-order valence-electron chi connectivity index (χ0n) is 13.6. The van der Waals surface area contributed by atoms with Gasteiger partial charge in [-0.3, -0.25) is 0 Å². The summed E-state index contributed by atoms with van der Waals surface area (Å²) in [4.78, 5) is 4.89. The predicted octanol–water partition coefficient (Wildman–Crippen LogP) is 2.97. The second kappa shape index (κ2) is 6.04. The minimum absolute atomic E-state index is 0.272. The van der Waals surface area contributed by atoms with E-state index in [1.54, 1.807) is 0 Å². The van der Waals surface area contributed by atoms with Gasteiger partial charge in [0.1, 0.15) is 0 Å². The topological polar surface area (TPSA) is 18.5 Å².